The van der Waals surface area contributed by atoms with Gasteiger partial charge in [-0.15, -0.1) is 0 Å². The van der Waals surface area contributed by atoms with E-state index < -0.39 is 0 Å². The van der Waals surface area contributed by atoms with Gasteiger partial charge in [-0.25, -0.2) is 4.79 Å². The molecule has 0 aromatic heterocycles. The van der Waals surface area contributed by atoms with E-state index in [9.17, 15) is 9.90 Å². The minimum atomic E-state index is -0.262. The average molecular weight is 333 g/mol. The number of benzene rings is 1. The molecule has 1 heterocycles. The molecule has 134 valence electrons. The predicted molar refractivity (Wildman–Crippen MR) is 97.0 cm³/mol. The second-order valence-corrected chi connectivity index (χ2v) is 7.62. The standard InChI is InChI=1S/C19H31N3O2/c1-19(2,3)22-11-9-16(10-12-22)20-18(24)21-17(14-23)13-15-7-5-4-6-8-15/h4-8,16-17,23H,9-14H2,1-3H3,(H2,20,21,24). The first-order valence-electron chi connectivity index (χ1n) is 8.85. The molecule has 5 nitrogen and oxygen atoms in total. The van der Waals surface area contributed by atoms with Crippen LogP contribution in [0.2, 0.25) is 0 Å². The van der Waals surface area contributed by atoms with Crippen molar-refractivity contribution in [2.24, 2.45) is 0 Å². The molecule has 0 bridgehead atoms. The Morgan fingerprint density at radius 2 is 1.88 bits per heavy atom. The Kier molecular flexibility index (Phi) is 6.63. The molecule has 2 amide bonds. The highest BCUT2D eigenvalue weighted by Crippen LogP contribution is 2.20. The minimum Gasteiger partial charge on any atom is -0.394 e. The highest BCUT2D eigenvalue weighted by molar-refractivity contribution is 5.74. The highest BCUT2D eigenvalue weighted by Gasteiger charge is 2.27. The zero-order valence-electron chi connectivity index (χ0n) is 15.1. The molecule has 1 aromatic carbocycles. The summed E-state index contributed by atoms with van der Waals surface area (Å²) in [6.45, 7) is 8.61. The number of carbonyl (C=O) groups excluding carboxylic acids is 1. The van der Waals surface area contributed by atoms with Gasteiger partial charge >= 0.3 is 6.03 Å². The molecular weight excluding hydrogens is 302 g/mol. The number of nitrogens with one attached hydrogen (secondary N) is 2. The Balaban J connectivity index is 1.76. The van der Waals surface area contributed by atoms with E-state index in [0.717, 1.165) is 31.5 Å². The zero-order valence-corrected chi connectivity index (χ0v) is 15.1. The molecule has 24 heavy (non-hydrogen) atoms. The molecule has 3 N–H and O–H groups in total. The van der Waals surface area contributed by atoms with Gasteiger partial charge in [-0.2, -0.15) is 0 Å². The van der Waals surface area contributed by atoms with E-state index in [-0.39, 0.29) is 30.3 Å². The van der Waals surface area contributed by atoms with E-state index in [0.29, 0.717) is 6.42 Å². The summed E-state index contributed by atoms with van der Waals surface area (Å²) in [5, 5.41) is 15.5. The Hall–Kier alpha value is -1.59. The molecule has 5 heteroatoms. The van der Waals surface area contributed by atoms with Crippen LogP contribution in [0.15, 0.2) is 30.3 Å². The normalized spacial score (nSPS) is 18.2. The van der Waals surface area contributed by atoms with Crippen molar-refractivity contribution < 1.29 is 9.90 Å². The molecule has 2 rings (SSSR count). The Morgan fingerprint density at radius 3 is 2.42 bits per heavy atom. The Bertz CT molecular complexity index is 505. The van der Waals surface area contributed by atoms with E-state index in [1.807, 2.05) is 30.3 Å². The first kappa shape index (κ1) is 18.7. The van der Waals surface area contributed by atoms with Crippen molar-refractivity contribution >= 4 is 6.03 Å². The van der Waals surface area contributed by atoms with Crippen molar-refractivity contribution in [1.82, 2.24) is 15.5 Å². The van der Waals surface area contributed by atoms with Gasteiger partial charge in [0.25, 0.3) is 0 Å². The van der Waals surface area contributed by atoms with E-state index in [4.69, 9.17) is 0 Å². The van der Waals surface area contributed by atoms with Gasteiger partial charge in [-0.3, -0.25) is 4.90 Å². The molecule has 1 saturated heterocycles. The summed E-state index contributed by atoms with van der Waals surface area (Å²) < 4.78 is 0. The lowest BCUT2D eigenvalue weighted by atomic mass is 9.98. The largest absolute Gasteiger partial charge is 0.394 e. The second kappa shape index (κ2) is 8.49. The van der Waals surface area contributed by atoms with Crippen LogP contribution in [0.4, 0.5) is 4.79 Å². The fraction of sp³-hybridized carbons (Fsp3) is 0.632. The lowest BCUT2D eigenvalue weighted by Gasteiger charge is -2.41. The van der Waals surface area contributed by atoms with Gasteiger partial charge in [0.15, 0.2) is 0 Å². The lowest BCUT2D eigenvalue weighted by molar-refractivity contribution is 0.0975. The molecule has 1 aromatic rings. The monoisotopic (exact) mass is 333 g/mol. The SMILES string of the molecule is CC(C)(C)N1CCC(NC(=O)NC(CO)Cc2ccccc2)CC1. The number of nitrogens with zero attached hydrogens (tertiary/aromatic N) is 1. The molecule has 0 saturated carbocycles. The van der Waals surface area contributed by atoms with Crippen molar-refractivity contribution in [1.29, 1.82) is 0 Å². The fourth-order valence-electron chi connectivity index (χ4n) is 3.17. The third kappa shape index (κ3) is 5.80. The summed E-state index contributed by atoms with van der Waals surface area (Å²) >= 11 is 0. The molecule has 1 atom stereocenters. The van der Waals surface area contributed by atoms with Crippen molar-refractivity contribution in [3.63, 3.8) is 0 Å². The number of rotatable bonds is 5. The number of urea groups is 1. The molecule has 0 spiro atoms. The van der Waals surface area contributed by atoms with Crippen molar-refractivity contribution in [3.8, 4) is 0 Å². The van der Waals surface area contributed by atoms with Crippen LogP contribution < -0.4 is 10.6 Å². The summed E-state index contributed by atoms with van der Waals surface area (Å²) in [6, 6.07) is 9.66. The van der Waals surface area contributed by atoms with E-state index in [1.54, 1.807) is 0 Å². The van der Waals surface area contributed by atoms with Gasteiger partial charge in [-0.05, 0) is 45.6 Å². The van der Waals surface area contributed by atoms with Gasteiger partial charge < -0.3 is 15.7 Å². The Labute approximate surface area is 145 Å². The molecule has 1 unspecified atom stereocenters. The molecule has 0 aliphatic carbocycles. The quantitative estimate of drug-likeness (QED) is 0.774. The van der Waals surface area contributed by atoms with Gasteiger partial charge in [0.2, 0.25) is 0 Å². The maximum absolute atomic E-state index is 12.2. The van der Waals surface area contributed by atoms with Crippen LogP contribution in [0.1, 0.15) is 39.2 Å². The van der Waals surface area contributed by atoms with Gasteiger partial charge in [0.05, 0.1) is 12.6 Å². The predicted octanol–water partition coefficient (Wildman–Crippen LogP) is 2.15. The highest BCUT2D eigenvalue weighted by atomic mass is 16.3. The van der Waals surface area contributed by atoms with E-state index in [2.05, 4.69) is 36.3 Å². The van der Waals surface area contributed by atoms with E-state index in [1.165, 1.54) is 0 Å². The van der Waals surface area contributed by atoms with Crippen molar-refractivity contribution in [2.45, 2.75) is 57.7 Å². The third-order valence-corrected chi connectivity index (χ3v) is 4.66. The number of aliphatic hydroxyl groups excluding tert-OH is 1. The summed E-state index contributed by atoms with van der Waals surface area (Å²) in [5.74, 6) is 0. The fourth-order valence-corrected chi connectivity index (χ4v) is 3.17. The number of carbonyl (C=O) groups is 1. The average Bonchev–Trinajstić information content (AvgIpc) is 2.54. The number of hydrogen-bond donors (Lipinski definition) is 3. The van der Waals surface area contributed by atoms with Gasteiger partial charge in [0.1, 0.15) is 0 Å². The number of amides is 2. The van der Waals surface area contributed by atoms with Gasteiger partial charge in [0, 0.05) is 24.7 Å². The van der Waals surface area contributed by atoms with Crippen LogP contribution in [0.5, 0.6) is 0 Å². The molecule has 1 aliphatic heterocycles. The van der Waals surface area contributed by atoms with E-state index >= 15 is 0 Å². The maximum atomic E-state index is 12.2. The summed E-state index contributed by atoms with van der Waals surface area (Å²) in [5.41, 5.74) is 1.29. The Morgan fingerprint density at radius 1 is 1.25 bits per heavy atom. The van der Waals surface area contributed by atoms with Crippen LogP contribution in [0.25, 0.3) is 0 Å². The summed E-state index contributed by atoms with van der Waals surface area (Å²) in [6.07, 6.45) is 2.56. The molecular formula is C19H31N3O2. The number of likely N-dealkylation sites (tertiary alicyclic amines) is 1. The zero-order chi connectivity index (χ0) is 17.6. The number of hydrogen-bond acceptors (Lipinski definition) is 3. The van der Waals surface area contributed by atoms with Crippen LogP contribution >= 0.6 is 0 Å². The molecule has 0 radical (unpaired) electrons. The lowest BCUT2D eigenvalue weighted by Crippen LogP contribution is -2.53. The minimum absolute atomic E-state index is 0.0647. The summed E-state index contributed by atoms with van der Waals surface area (Å²) in [4.78, 5) is 14.7. The van der Waals surface area contributed by atoms with Gasteiger partial charge in [-0.1, -0.05) is 30.3 Å². The summed E-state index contributed by atoms with van der Waals surface area (Å²) in [7, 11) is 0. The van der Waals surface area contributed by atoms with Crippen molar-refractivity contribution in [2.75, 3.05) is 19.7 Å². The van der Waals surface area contributed by atoms with Crippen LogP contribution in [-0.2, 0) is 6.42 Å². The smallest absolute Gasteiger partial charge is 0.315 e. The molecule has 1 fully saturated rings. The number of piperidine rings is 1. The maximum Gasteiger partial charge on any atom is 0.315 e. The molecule has 1 aliphatic rings. The number of aliphatic hydroxyl groups is 1. The van der Waals surface area contributed by atoms with Crippen LogP contribution in [0.3, 0.4) is 0 Å². The van der Waals surface area contributed by atoms with Crippen LogP contribution in [-0.4, -0.2) is 53.4 Å². The van der Waals surface area contributed by atoms with Crippen molar-refractivity contribution in [3.05, 3.63) is 35.9 Å². The topological polar surface area (TPSA) is 64.6 Å². The second-order valence-electron chi connectivity index (χ2n) is 7.62. The first-order valence-corrected chi connectivity index (χ1v) is 8.85. The van der Waals surface area contributed by atoms with Crippen LogP contribution in [0, 0.1) is 0 Å². The first-order chi connectivity index (χ1) is 11.4. The third-order valence-electron chi connectivity index (χ3n) is 4.66.